The van der Waals surface area contributed by atoms with Crippen LogP contribution in [0.4, 0.5) is 10.1 Å². The predicted molar refractivity (Wildman–Crippen MR) is 125 cm³/mol. The van der Waals surface area contributed by atoms with E-state index >= 15 is 0 Å². The standard InChI is InChI=1S/C23H21FN4O6S/c1-28(2)18-8-6-15(7-9-18)12-20(26-22(29)16-4-3-5-17(24)13-16)23(30)27-25-14-19-10-11-21(34-19)35(31,32)33/h3-14H,1-2H3,(H,26,29)(H,27,30)(H,31,32,33)/p-1. The molecular weight excluding hydrogens is 479 g/mol. The molecule has 1 heterocycles. The molecule has 10 nitrogen and oxygen atoms in total. The highest BCUT2D eigenvalue weighted by molar-refractivity contribution is 7.85. The zero-order valence-electron chi connectivity index (χ0n) is 18.6. The Morgan fingerprint density at radius 2 is 1.80 bits per heavy atom. The summed E-state index contributed by atoms with van der Waals surface area (Å²) in [5.41, 5.74) is 3.47. The fourth-order valence-corrected chi connectivity index (χ4v) is 3.20. The van der Waals surface area contributed by atoms with Crippen LogP contribution >= 0.6 is 0 Å². The molecule has 182 valence electrons. The van der Waals surface area contributed by atoms with Crippen LogP contribution in [0.15, 0.2) is 81.0 Å². The van der Waals surface area contributed by atoms with Gasteiger partial charge in [-0.15, -0.1) is 0 Å². The van der Waals surface area contributed by atoms with Gasteiger partial charge in [0.15, 0.2) is 10.1 Å². The number of carbonyl (C=O) groups excluding carboxylic acids is 2. The average Bonchev–Trinajstić information content (AvgIpc) is 3.28. The number of nitrogens with zero attached hydrogens (tertiary/aromatic N) is 2. The van der Waals surface area contributed by atoms with Gasteiger partial charge in [-0.1, -0.05) is 18.2 Å². The van der Waals surface area contributed by atoms with Gasteiger partial charge in [0.2, 0.25) is 5.09 Å². The van der Waals surface area contributed by atoms with Crippen LogP contribution in [-0.2, 0) is 14.9 Å². The molecule has 3 aromatic rings. The monoisotopic (exact) mass is 499 g/mol. The molecule has 0 atom stereocenters. The van der Waals surface area contributed by atoms with Crippen LogP contribution in [0.5, 0.6) is 0 Å². The summed E-state index contributed by atoms with van der Waals surface area (Å²) in [4.78, 5) is 27.2. The molecule has 35 heavy (non-hydrogen) atoms. The van der Waals surface area contributed by atoms with Gasteiger partial charge in [-0.05, 0) is 54.1 Å². The molecule has 0 aliphatic rings. The first-order valence-corrected chi connectivity index (χ1v) is 11.4. The molecule has 0 saturated heterocycles. The van der Waals surface area contributed by atoms with Gasteiger partial charge in [0.05, 0.1) is 6.21 Å². The summed E-state index contributed by atoms with van der Waals surface area (Å²) >= 11 is 0. The summed E-state index contributed by atoms with van der Waals surface area (Å²) in [6, 6.07) is 14.2. The van der Waals surface area contributed by atoms with Crippen molar-refractivity contribution in [3.8, 4) is 0 Å². The minimum absolute atomic E-state index is 0.00269. The van der Waals surface area contributed by atoms with Crippen molar-refractivity contribution in [1.82, 2.24) is 10.7 Å². The minimum atomic E-state index is -4.77. The molecule has 0 bridgehead atoms. The quantitative estimate of drug-likeness (QED) is 0.209. The molecule has 0 fully saturated rings. The van der Waals surface area contributed by atoms with Crippen molar-refractivity contribution < 1.29 is 31.4 Å². The third-order valence-corrected chi connectivity index (χ3v) is 5.22. The van der Waals surface area contributed by atoms with E-state index in [1.165, 1.54) is 30.3 Å². The third kappa shape index (κ3) is 7.09. The Hall–Kier alpha value is -4.29. The fraction of sp³-hybridized carbons (Fsp3) is 0.0870. The summed E-state index contributed by atoms with van der Waals surface area (Å²) in [6.45, 7) is 0. The van der Waals surface area contributed by atoms with Crippen molar-refractivity contribution in [3.63, 3.8) is 0 Å². The molecule has 2 N–H and O–H groups in total. The summed E-state index contributed by atoms with van der Waals surface area (Å²) in [7, 11) is -1.03. The molecule has 0 aliphatic heterocycles. The van der Waals surface area contributed by atoms with Gasteiger partial charge in [-0.3, -0.25) is 9.59 Å². The van der Waals surface area contributed by atoms with Crippen LogP contribution in [0.2, 0.25) is 0 Å². The number of halogens is 1. The van der Waals surface area contributed by atoms with Crippen LogP contribution in [0.25, 0.3) is 6.08 Å². The predicted octanol–water partition coefficient (Wildman–Crippen LogP) is 2.31. The highest BCUT2D eigenvalue weighted by Gasteiger charge is 2.15. The van der Waals surface area contributed by atoms with Gasteiger partial charge in [0, 0.05) is 25.3 Å². The minimum Gasteiger partial charge on any atom is -0.742 e. The van der Waals surface area contributed by atoms with Gasteiger partial charge in [0.1, 0.15) is 17.3 Å². The lowest BCUT2D eigenvalue weighted by Gasteiger charge is -2.12. The number of hydrazone groups is 1. The van der Waals surface area contributed by atoms with Gasteiger partial charge in [-0.2, -0.15) is 5.10 Å². The lowest BCUT2D eigenvalue weighted by Crippen LogP contribution is -2.32. The number of furan rings is 1. The smallest absolute Gasteiger partial charge is 0.287 e. The van der Waals surface area contributed by atoms with Crippen LogP contribution in [0.1, 0.15) is 21.7 Å². The van der Waals surface area contributed by atoms with Crippen molar-refractivity contribution in [1.29, 1.82) is 0 Å². The van der Waals surface area contributed by atoms with E-state index in [9.17, 15) is 27.0 Å². The largest absolute Gasteiger partial charge is 0.742 e. The van der Waals surface area contributed by atoms with E-state index in [1.54, 1.807) is 12.1 Å². The maximum Gasteiger partial charge on any atom is 0.287 e. The Balaban J connectivity index is 1.82. The van der Waals surface area contributed by atoms with Crippen LogP contribution in [0, 0.1) is 5.82 Å². The van der Waals surface area contributed by atoms with E-state index in [-0.39, 0.29) is 17.0 Å². The molecule has 0 aliphatic carbocycles. The van der Waals surface area contributed by atoms with Crippen molar-refractivity contribution in [2.45, 2.75) is 5.09 Å². The molecule has 1 aromatic heterocycles. The van der Waals surface area contributed by atoms with Gasteiger partial charge >= 0.3 is 0 Å². The first-order valence-electron chi connectivity index (χ1n) is 9.98. The molecule has 0 unspecified atom stereocenters. The van der Waals surface area contributed by atoms with Crippen LogP contribution in [0.3, 0.4) is 0 Å². The first-order chi connectivity index (χ1) is 16.5. The lowest BCUT2D eigenvalue weighted by molar-refractivity contribution is -0.117. The van der Waals surface area contributed by atoms with E-state index in [0.717, 1.165) is 24.0 Å². The second kappa shape index (κ2) is 10.8. The Kier molecular flexibility index (Phi) is 7.79. The second-order valence-electron chi connectivity index (χ2n) is 7.32. The Morgan fingerprint density at radius 3 is 2.40 bits per heavy atom. The maximum atomic E-state index is 13.5. The molecule has 0 spiro atoms. The summed E-state index contributed by atoms with van der Waals surface area (Å²) in [5, 5.41) is 5.29. The number of hydrogen-bond acceptors (Lipinski definition) is 8. The van der Waals surface area contributed by atoms with Gasteiger partial charge in [0.25, 0.3) is 11.8 Å². The van der Waals surface area contributed by atoms with E-state index in [0.29, 0.717) is 5.56 Å². The molecule has 2 amide bonds. The highest BCUT2D eigenvalue weighted by atomic mass is 32.2. The molecule has 12 heteroatoms. The molecule has 2 aromatic carbocycles. The fourth-order valence-electron chi connectivity index (χ4n) is 2.77. The van der Waals surface area contributed by atoms with Crippen LogP contribution < -0.4 is 15.6 Å². The number of carbonyl (C=O) groups is 2. The summed E-state index contributed by atoms with van der Waals surface area (Å²) < 4.78 is 51.2. The molecular formula is C23H20FN4O6S-. The van der Waals surface area contributed by atoms with Gasteiger partial charge in [-0.25, -0.2) is 18.2 Å². The molecule has 0 saturated carbocycles. The van der Waals surface area contributed by atoms with E-state index in [4.69, 9.17) is 4.42 Å². The van der Waals surface area contributed by atoms with Crippen molar-refractivity contribution in [2.75, 3.05) is 19.0 Å². The second-order valence-corrected chi connectivity index (χ2v) is 8.63. The maximum absolute atomic E-state index is 13.5. The van der Waals surface area contributed by atoms with E-state index in [2.05, 4.69) is 15.8 Å². The zero-order chi connectivity index (χ0) is 25.6. The molecule has 0 radical (unpaired) electrons. The Bertz CT molecular complexity index is 1400. The van der Waals surface area contributed by atoms with Crippen molar-refractivity contribution in [3.05, 3.63) is 89.1 Å². The highest BCUT2D eigenvalue weighted by Crippen LogP contribution is 2.15. The Morgan fingerprint density at radius 1 is 1.09 bits per heavy atom. The van der Waals surface area contributed by atoms with Crippen molar-refractivity contribution >= 4 is 39.9 Å². The SMILES string of the molecule is CN(C)c1ccc(C=C(NC(=O)c2cccc(F)c2)C(=O)NN=Cc2ccc(S(=O)(=O)[O-])o2)cc1. The third-order valence-electron chi connectivity index (χ3n) is 4.51. The topological polar surface area (TPSA) is 144 Å². The number of nitrogens with one attached hydrogen (secondary N) is 2. The molecule has 3 rings (SSSR count). The number of benzene rings is 2. The number of rotatable bonds is 8. The normalized spacial score (nSPS) is 11.9. The summed E-state index contributed by atoms with van der Waals surface area (Å²) in [5.74, 6) is -2.27. The van der Waals surface area contributed by atoms with Crippen molar-refractivity contribution in [2.24, 2.45) is 5.10 Å². The number of hydrogen-bond donors (Lipinski definition) is 2. The Labute approximate surface area is 200 Å². The van der Waals surface area contributed by atoms with Crippen LogP contribution in [-0.4, -0.2) is 45.1 Å². The first kappa shape index (κ1) is 25.3. The van der Waals surface area contributed by atoms with E-state index < -0.39 is 32.8 Å². The average molecular weight is 500 g/mol. The lowest BCUT2D eigenvalue weighted by atomic mass is 10.1. The summed E-state index contributed by atoms with van der Waals surface area (Å²) in [6.07, 6.45) is 2.38. The zero-order valence-corrected chi connectivity index (χ0v) is 19.4. The number of anilines is 1. The van der Waals surface area contributed by atoms with Gasteiger partial charge < -0.3 is 19.2 Å². The number of amides is 2. The van der Waals surface area contributed by atoms with E-state index in [1.807, 2.05) is 31.1 Å².